The lowest BCUT2D eigenvalue weighted by atomic mass is 9.80. The van der Waals surface area contributed by atoms with Crippen LogP contribution in [0.4, 0.5) is 0 Å². The van der Waals surface area contributed by atoms with Crippen LogP contribution >= 0.6 is 0 Å². The molecule has 1 aromatic heterocycles. The maximum atomic E-state index is 10.6. The Morgan fingerprint density at radius 3 is 1.92 bits per heavy atom. The van der Waals surface area contributed by atoms with Gasteiger partial charge in [0.2, 0.25) is 0 Å². The molecule has 1 heterocycles. The van der Waals surface area contributed by atoms with Crippen LogP contribution < -0.4 is 5.46 Å². The Kier molecular flexibility index (Phi) is 6.06. The predicted octanol–water partition coefficient (Wildman–Crippen LogP) is 6.81. The Morgan fingerprint density at radius 2 is 1.31 bits per heavy atom. The Bertz CT molecular complexity index is 1570. The summed E-state index contributed by atoms with van der Waals surface area (Å²) in [5, 5.41) is 13.0. The summed E-state index contributed by atoms with van der Waals surface area (Å²) in [7, 11) is 0.394. The largest absolute Gasteiger partial charge is 0.427 e. The number of aryl methyl sites for hydroxylation is 2. The molecule has 0 radical (unpaired) electrons. The van der Waals surface area contributed by atoms with Crippen LogP contribution in [0, 0.1) is 13.8 Å². The molecule has 3 nitrogen and oxygen atoms in total. The van der Waals surface area contributed by atoms with E-state index < -0.39 is 11.2 Å². The smallest absolute Gasteiger partial charge is 0.311 e. The average molecular weight is 475 g/mol. The van der Waals surface area contributed by atoms with Crippen molar-refractivity contribution in [3.8, 4) is 22.3 Å². The monoisotopic (exact) mass is 475 g/mol. The van der Waals surface area contributed by atoms with Crippen LogP contribution in [-0.4, -0.2) is 28.8 Å². The van der Waals surface area contributed by atoms with Crippen molar-refractivity contribution in [3.63, 3.8) is 0 Å². The van der Waals surface area contributed by atoms with Gasteiger partial charge in [0.15, 0.2) is 0 Å². The van der Waals surface area contributed by atoms with Crippen molar-refractivity contribution in [2.75, 3.05) is 0 Å². The summed E-state index contributed by atoms with van der Waals surface area (Å²) in [5.41, 5.74) is 8.93. The van der Waals surface area contributed by atoms with E-state index in [0.29, 0.717) is 7.48 Å². The molecule has 182 valence electrons. The van der Waals surface area contributed by atoms with Crippen molar-refractivity contribution in [2.45, 2.75) is 52.7 Å². The third kappa shape index (κ3) is 4.36. The van der Waals surface area contributed by atoms with Gasteiger partial charge in [-0.2, -0.15) is 0 Å². The van der Waals surface area contributed by atoms with Crippen LogP contribution in [0.15, 0.2) is 78.9 Å². The highest BCUT2D eigenvalue weighted by Gasteiger charge is 2.36. The molecule has 4 aromatic carbocycles. The molecule has 0 aliphatic heterocycles. The van der Waals surface area contributed by atoms with Gasteiger partial charge < -0.3 is 14.7 Å². The quantitative estimate of drug-likeness (QED) is 0.265. The molecule has 0 aliphatic carbocycles. The van der Waals surface area contributed by atoms with Gasteiger partial charge in [0.25, 0.3) is 0 Å². The number of aliphatic hydroxyl groups is 1. The first-order chi connectivity index (χ1) is 17.0. The van der Waals surface area contributed by atoms with Crippen LogP contribution in [0.5, 0.6) is 0 Å². The Morgan fingerprint density at radius 1 is 0.722 bits per heavy atom. The van der Waals surface area contributed by atoms with E-state index in [0.717, 1.165) is 16.5 Å². The van der Waals surface area contributed by atoms with Gasteiger partial charge in [0.05, 0.1) is 11.2 Å². The second kappa shape index (κ2) is 8.95. The summed E-state index contributed by atoms with van der Waals surface area (Å²) >= 11 is 0. The Hall–Kier alpha value is -3.34. The molecule has 0 fully saturated rings. The minimum absolute atomic E-state index is 0.394. The number of H-pyrrole nitrogens is 1. The van der Waals surface area contributed by atoms with E-state index in [-0.39, 0.29) is 0 Å². The SMILES string of the molecule is Cc1ccccc1-c1ccc2[nH]c3c(BOC(C)(C)C(C)(C)O)cc(-c4ccccc4C)cc3c2c1. The van der Waals surface area contributed by atoms with Crippen LogP contribution in [-0.2, 0) is 4.65 Å². The van der Waals surface area contributed by atoms with Crippen LogP contribution in [0.1, 0.15) is 38.8 Å². The fourth-order valence-corrected chi connectivity index (χ4v) is 4.74. The standard InChI is InChI=1S/C32H34BNO2/c1-20-11-7-9-13-24(20)22-15-16-29-26(17-22)27-18-23(25-14-10-8-12-21(25)2)19-28(30(27)34-29)33-36-32(5,6)31(3,4)35/h7-19,33-35H,1-6H3. The molecule has 0 atom stereocenters. The zero-order chi connectivity index (χ0) is 25.7. The minimum Gasteiger partial charge on any atom is -0.427 e. The van der Waals surface area contributed by atoms with E-state index in [1.165, 1.54) is 44.2 Å². The molecule has 0 saturated heterocycles. The lowest BCUT2D eigenvalue weighted by molar-refractivity contribution is -0.0893. The number of rotatable bonds is 6. The maximum Gasteiger partial charge on any atom is 0.311 e. The number of fused-ring (bicyclic) bond motifs is 3. The van der Waals surface area contributed by atoms with Crippen molar-refractivity contribution in [1.82, 2.24) is 4.98 Å². The number of nitrogens with one attached hydrogen (secondary N) is 1. The van der Waals surface area contributed by atoms with Gasteiger partial charge in [-0.15, -0.1) is 0 Å². The lowest BCUT2D eigenvalue weighted by Crippen LogP contribution is -2.49. The van der Waals surface area contributed by atoms with Crippen molar-refractivity contribution in [2.24, 2.45) is 0 Å². The average Bonchev–Trinajstić information content (AvgIpc) is 3.20. The molecule has 5 aromatic rings. The van der Waals surface area contributed by atoms with Gasteiger partial charge in [-0.3, -0.25) is 0 Å². The Labute approximate surface area is 214 Å². The van der Waals surface area contributed by atoms with E-state index >= 15 is 0 Å². The highest BCUT2D eigenvalue weighted by atomic mass is 16.5. The minimum atomic E-state index is -0.970. The normalized spacial score (nSPS) is 12.4. The van der Waals surface area contributed by atoms with E-state index in [1.807, 2.05) is 13.8 Å². The second-order valence-corrected chi connectivity index (χ2v) is 10.9. The third-order valence-corrected chi connectivity index (χ3v) is 7.76. The van der Waals surface area contributed by atoms with Crippen LogP contribution in [0.2, 0.25) is 0 Å². The van der Waals surface area contributed by atoms with Gasteiger partial charge in [0.1, 0.15) is 0 Å². The van der Waals surface area contributed by atoms with E-state index in [9.17, 15) is 5.11 Å². The molecule has 36 heavy (non-hydrogen) atoms. The number of benzene rings is 4. The maximum absolute atomic E-state index is 10.6. The molecule has 0 unspecified atom stereocenters. The number of hydrogen-bond donors (Lipinski definition) is 2. The first-order valence-electron chi connectivity index (χ1n) is 12.6. The third-order valence-electron chi connectivity index (χ3n) is 7.76. The van der Waals surface area contributed by atoms with Crippen LogP contribution in [0.25, 0.3) is 44.1 Å². The molecule has 2 N–H and O–H groups in total. The van der Waals surface area contributed by atoms with Gasteiger partial charge in [-0.25, -0.2) is 0 Å². The van der Waals surface area contributed by atoms with Crippen molar-refractivity contribution >= 4 is 34.8 Å². The highest BCUT2D eigenvalue weighted by molar-refractivity contribution is 6.52. The van der Waals surface area contributed by atoms with E-state index in [2.05, 4.69) is 97.7 Å². The van der Waals surface area contributed by atoms with E-state index in [1.54, 1.807) is 13.8 Å². The molecule has 5 rings (SSSR count). The molecular weight excluding hydrogens is 441 g/mol. The van der Waals surface area contributed by atoms with Crippen molar-refractivity contribution in [1.29, 1.82) is 0 Å². The summed E-state index contributed by atoms with van der Waals surface area (Å²) in [4.78, 5) is 3.67. The predicted molar refractivity (Wildman–Crippen MR) is 154 cm³/mol. The summed E-state index contributed by atoms with van der Waals surface area (Å²) < 4.78 is 6.34. The summed E-state index contributed by atoms with van der Waals surface area (Å²) in [6, 6.07) is 28.2. The molecule has 0 bridgehead atoms. The first kappa shape index (κ1) is 24.4. The first-order valence-corrected chi connectivity index (χ1v) is 12.6. The Balaban J connectivity index is 1.71. The van der Waals surface area contributed by atoms with Crippen LogP contribution in [0.3, 0.4) is 0 Å². The van der Waals surface area contributed by atoms with Gasteiger partial charge in [-0.05, 0) is 98.6 Å². The van der Waals surface area contributed by atoms with Crippen molar-refractivity contribution in [3.05, 3.63) is 90.0 Å². The zero-order valence-corrected chi connectivity index (χ0v) is 22.1. The molecular formula is C32H34BNO2. The summed E-state index contributed by atoms with van der Waals surface area (Å²) in [6.07, 6.45) is 0. The highest BCUT2D eigenvalue weighted by Crippen LogP contribution is 2.34. The molecule has 0 spiro atoms. The summed E-state index contributed by atoms with van der Waals surface area (Å²) in [6.45, 7) is 11.8. The lowest BCUT2D eigenvalue weighted by Gasteiger charge is -2.37. The van der Waals surface area contributed by atoms with Gasteiger partial charge in [0, 0.05) is 21.8 Å². The van der Waals surface area contributed by atoms with Gasteiger partial charge in [-0.1, -0.05) is 60.7 Å². The summed E-state index contributed by atoms with van der Waals surface area (Å²) in [5.74, 6) is 0. The number of aromatic amines is 1. The fourth-order valence-electron chi connectivity index (χ4n) is 4.74. The van der Waals surface area contributed by atoms with E-state index in [4.69, 9.17) is 4.65 Å². The number of hydrogen-bond acceptors (Lipinski definition) is 2. The van der Waals surface area contributed by atoms with Gasteiger partial charge >= 0.3 is 7.48 Å². The number of aromatic nitrogens is 1. The fraction of sp³-hybridized carbons (Fsp3) is 0.250. The molecule has 4 heteroatoms. The molecule has 0 amide bonds. The van der Waals surface area contributed by atoms with Crippen molar-refractivity contribution < 1.29 is 9.76 Å². The molecule has 0 aliphatic rings. The second-order valence-electron chi connectivity index (χ2n) is 10.9. The zero-order valence-electron chi connectivity index (χ0n) is 22.1. The molecule has 0 saturated carbocycles. The topological polar surface area (TPSA) is 45.2 Å².